The fourth-order valence-corrected chi connectivity index (χ4v) is 4.93. The Morgan fingerprint density at radius 2 is 1.81 bits per heavy atom. The number of nitrogens with zero attached hydrogens (tertiary/aromatic N) is 6. The molecule has 6 nitrogen and oxygen atoms in total. The Morgan fingerprint density at radius 3 is 2.55 bits per heavy atom. The molecule has 2 aliphatic heterocycles. The number of aromatic nitrogens is 2. The van der Waals surface area contributed by atoms with Gasteiger partial charge in [-0.1, -0.05) is 37.3 Å². The summed E-state index contributed by atoms with van der Waals surface area (Å²) in [4.78, 5) is 19.2. The quantitative estimate of drug-likeness (QED) is 0.439. The van der Waals surface area contributed by atoms with E-state index < -0.39 is 0 Å². The lowest BCUT2D eigenvalue weighted by Gasteiger charge is -2.37. The van der Waals surface area contributed by atoms with E-state index in [-0.39, 0.29) is 0 Å². The lowest BCUT2D eigenvalue weighted by Crippen LogP contribution is -2.48. The Bertz CT molecular complexity index is 805. The van der Waals surface area contributed by atoms with Gasteiger partial charge in [-0.25, -0.2) is 9.97 Å². The van der Waals surface area contributed by atoms with Crippen LogP contribution in [-0.4, -0.2) is 83.0 Å². The molecule has 0 saturated carbocycles. The van der Waals surface area contributed by atoms with Crippen LogP contribution in [0.1, 0.15) is 30.2 Å². The van der Waals surface area contributed by atoms with Gasteiger partial charge in [0.05, 0.1) is 11.7 Å². The molecule has 2 aliphatic rings. The van der Waals surface area contributed by atoms with Crippen LogP contribution < -0.4 is 4.90 Å². The highest BCUT2D eigenvalue weighted by Gasteiger charge is 2.25. The Morgan fingerprint density at radius 1 is 1.00 bits per heavy atom. The summed E-state index contributed by atoms with van der Waals surface area (Å²) in [6, 6.07) is 11.3. The van der Waals surface area contributed by atoms with Crippen LogP contribution in [0.5, 0.6) is 0 Å². The van der Waals surface area contributed by atoms with Gasteiger partial charge in [-0.05, 0) is 31.5 Å². The highest BCUT2D eigenvalue weighted by atomic mass is 35.5. The van der Waals surface area contributed by atoms with E-state index in [0.29, 0.717) is 6.00 Å². The number of piperazine rings is 1. The zero-order chi connectivity index (χ0) is 21.5. The molecule has 4 rings (SSSR count). The van der Waals surface area contributed by atoms with E-state index in [1.165, 1.54) is 29.1 Å². The number of alkyl halides is 1. The standard InChI is InChI=1S/C24H35ClN6/c1-2-28(19-25)10-6-11-29-13-15-31(16-14-29)24-22-9-12-30(18-23(22)26-20-27-24)17-21-7-4-3-5-8-21/h3-5,7-8,20H,2,6,9-19H2,1H3. The summed E-state index contributed by atoms with van der Waals surface area (Å²) in [6.45, 7) is 12.7. The molecule has 1 saturated heterocycles. The highest BCUT2D eigenvalue weighted by Crippen LogP contribution is 2.27. The zero-order valence-corrected chi connectivity index (χ0v) is 19.5. The summed E-state index contributed by atoms with van der Waals surface area (Å²) < 4.78 is 0. The number of hydrogen-bond acceptors (Lipinski definition) is 6. The third-order valence-electron chi connectivity index (χ3n) is 6.55. The molecule has 0 unspecified atom stereocenters. The minimum atomic E-state index is 0.631. The minimum Gasteiger partial charge on any atom is -0.354 e. The van der Waals surface area contributed by atoms with Gasteiger partial charge in [0, 0.05) is 57.9 Å². The molecular formula is C24H35ClN6. The van der Waals surface area contributed by atoms with Gasteiger partial charge < -0.3 is 4.90 Å². The van der Waals surface area contributed by atoms with Crippen molar-refractivity contribution in [3.05, 3.63) is 53.5 Å². The predicted octanol–water partition coefficient (Wildman–Crippen LogP) is 3.07. The van der Waals surface area contributed by atoms with Crippen LogP contribution in [-0.2, 0) is 19.5 Å². The molecule has 7 heteroatoms. The van der Waals surface area contributed by atoms with Crippen LogP contribution in [0, 0.1) is 0 Å². The Hall–Kier alpha value is -1.73. The summed E-state index contributed by atoms with van der Waals surface area (Å²) >= 11 is 5.97. The maximum atomic E-state index is 5.97. The Kier molecular flexibility index (Phi) is 8.14. The van der Waals surface area contributed by atoms with E-state index in [1.54, 1.807) is 6.33 Å². The molecule has 0 amide bonds. The van der Waals surface area contributed by atoms with E-state index in [0.717, 1.165) is 71.9 Å². The maximum Gasteiger partial charge on any atom is 0.135 e. The van der Waals surface area contributed by atoms with E-state index >= 15 is 0 Å². The van der Waals surface area contributed by atoms with E-state index in [1.807, 2.05) is 0 Å². The average molecular weight is 443 g/mol. The van der Waals surface area contributed by atoms with E-state index in [2.05, 4.69) is 61.8 Å². The second-order valence-corrected chi connectivity index (χ2v) is 8.82. The van der Waals surface area contributed by atoms with Crippen molar-refractivity contribution in [1.29, 1.82) is 0 Å². The summed E-state index contributed by atoms with van der Waals surface area (Å²) in [5.74, 6) is 1.17. The molecule has 1 fully saturated rings. The number of halogens is 1. The number of anilines is 1. The van der Waals surface area contributed by atoms with Gasteiger partial charge in [0.2, 0.25) is 0 Å². The van der Waals surface area contributed by atoms with Crippen LogP contribution in [0.25, 0.3) is 0 Å². The van der Waals surface area contributed by atoms with Crippen LogP contribution in [0.4, 0.5) is 5.82 Å². The molecule has 0 bridgehead atoms. The van der Waals surface area contributed by atoms with Crippen molar-refractivity contribution in [3.63, 3.8) is 0 Å². The molecule has 0 radical (unpaired) electrons. The molecule has 31 heavy (non-hydrogen) atoms. The van der Waals surface area contributed by atoms with Crippen LogP contribution in [0.2, 0.25) is 0 Å². The molecule has 1 aromatic carbocycles. The summed E-state index contributed by atoms with van der Waals surface area (Å²) in [5.41, 5.74) is 3.93. The van der Waals surface area contributed by atoms with Crippen molar-refractivity contribution in [3.8, 4) is 0 Å². The van der Waals surface area contributed by atoms with Gasteiger partial charge in [0.15, 0.2) is 0 Å². The number of hydrogen-bond donors (Lipinski definition) is 0. The molecule has 1 aromatic heterocycles. The largest absolute Gasteiger partial charge is 0.354 e. The second-order valence-electron chi connectivity index (χ2n) is 8.58. The lowest BCUT2D eigenvalue weighted by atomic mass is 10.0. The highest BCUT2D eigenvalue weighted by molar-refractivity contribution is 6.17. The molecule has 0 N–H and O–H groups in total. The van der Waals surface area contributed by atoms with Crippen LogP contribution in [0.15, 0.2) is 36.7 Å². The normalized spacial score (nSPS) is 17.8. The first-order chi connectivity index (χ1) is 15.3. The SMILES string of the molecule is CCN(CCl)CCCN1CCN(c2ncnc3c2CCN(Cc2ccccc2)C3)CC1. The van der Waals surface area contributed by atoms with Gasteiger partial charge in [-0.3, -0.25) is 14.7 Å². The Labute approximate surface area is 191 Å². The first-order valence-corrected chi connectivity index (χ1v) is 12.1. The van der Waals surface area contributed by atoms with Crippen molar-refractivity contribution in [2.75, 3.05) is 63.3 Å². The van der Waals surface area contributed by atoms with Crippen molar-refractivity contribution >= 4 is 17.4 Å². The van der Waals surface area contributed by atoms with Gasteiger partial charge in [0.1, 0.15) is 12.1 Å². The molecule has 0 spiro atoms. The molecule has 0 atom stereocenters. The van der Waals surface area contributed by atoms with Crippen LogP contribution >= 0.6 is 11.6 Å². The fraction of sp³-hybridized carbons (Fsp3) is 0.583. The average Bonchev–Trinajstić information content (AvgIpc) is 2.82. The van der Waals surface area contributed by atoms with Crippen molar-refractivity contribution < 1.29 is 0 Å². The van der Waals surface area contributed by atoms with Gasteiger partial charge in [-0.15, -0.1) is 11.6 Å². The third-order valence-corrected chi connectivity index (χ3v) is 6.89. The molecule has 2 aromatic rings. The van der Waals surface area contributed by atoms with Gasteiger partial charge in [-0.2, -0.15) is 0 Å². The van der Waals surface area contributed by atoms with E-state index in [9.17, 15) is 0 Å². The molecule has 0 aliphatic carbocycles. The number of benzene rings is 1. The molecule has 168 valence electrons. The second kappa shape index (κ2) is 11.2. The summed E-state index contributed by atoms with van der Waals surface area (Å²) in [5, 5.41) is 0. The monoisotopic (exact) mass is 442 g/mol. The van der Waals surface area contributed by atoms with Crippen molar-refractivity contribution in [1.82, 2.24) is 24.7 Å². The zero-order valence-electron chi connectivity index (χ0n) is 18.7. The summed E-state index contributed by atoms with van der Waals surface area (Å²) in [7, 11) is 0. The van der Waals surface area contributed by atoms with Crippen molar-refractivity contribution in [2.24, 2.45) is 0 Å². The van der Waals surface area contributed by atoms with E-state index in [4.69, 9.17) is 16.6 Å². The van der Waals surface area contributed by atoms with Gasteiger partial charge in [0.25, 0.3) is 0 Å². The fourth-order valence-electron chi connectivity index (χ4n) is 4.64. The topological polar surface area (TPSA) is 38.7 Å². The third kappa shape index (κ3) is 5.95. The Balaban J connectivity index is 1.30. The first kappa shape index (κ1) is 22.5. The van der Waals surface area contributed by atoms with Crippen molar-refractivity contribution in [2.45, 2.75) is 32.9 Å². The number of fused-ring (bicyclic) bond motifs is 1. The number of rotatable bonds is 9. The predicted molar refractivity (Wildman–Crippen MR) is 128 cm³/mol. The molecule has 3 heterocycles. The first-order valence-electron chi connectivity index (χ1n) is 11.6. The van der Waals surface area contributed by atoms with Crippen LogP contribution in [0.3, 0.4) is 0 Å². The smallest absolute Gasteiger partial charge is 0.135 e. The lowest BCUT2D eigenvalue weighted by molar-refractivity contribution is 0.231. The summed E-state index contributed by atoms with van der Waals surface area (Å²) in [6.07, 6.45) is 3.97. The minimum absolute atomic E-state index is 0.631. The molecular weight excluding hydrogens is 408 g/mol. The maximum absolute atomic E-state index is 5.97. The van der Waals surface area contributed by atoms with Gasteiger partial charge >= 0.3 is 0 Å².